The minimum Gasteiger partial charge on any atom is -0.492 e. The Bertz CT molecular complexity index is 1280. The van der Waals surface area contributed by atoms with Gasteiger partial charge in [0.1, 0.15) is 17.3 Å². The molecule has 3 heterocycles. The van der Waals surface area contributed by atoms with Gasteiger partial charge in [0.2, 0.25) is 0 Å². The van der Waals surface area contributed by atoms with Gasteiger partial charge in [0.15, 0.2) is 5.84 Å². The van der Waals surface area contributed by atoms with E-state index < -0.39 is 10.2 Å². The molecule has 1 atom stereocenters. The molecule has 1 aromatic heterocycles. The Kier molecular flexibility index (Phi) is 7.50. The molecule has 0 bridgehead atoms. The smallest absolute Gasteiger partial charge is 0.344 e. The maximum Gasteiger partial charge on any atom is 0.344 e. The lowest BCUT2D eigenvalue weighted by Crippen LogP contribution is -2.38. The minimum absolute atomic E-state index is 0.0857. The Morgan fingerprint density at radius 1 is 1.08 bits per heavy atom. The van der Waals surface area contributed by atoms with E-state index in [1.54, 1.807) is 24.3 Å². The molecule has 3 aliphatic rings. The first-order chi connectivity index (χ1) is 17.9. The molecule has 5 rings (SSSR count). The highest BCUT2D eigenvalue weighted by Crippen LogP contribution is 2.31. The molecule has 11 heteroatoms. The van der Waals surface area contributed by atoms with Crippen LogP contribution in [-0.4, -0.2) is 51.4 Å². The van der Waals surface area contributed by atoms with Gasteiger partial charge in [0.25, 0.3) is 5.91 Å². The van der Waals surface area contributed by atoms with Crippen LogP contribution in [0.3, 0.4) is 0 Å². The monoisotopic (exact) mass is 526 g/mol. The molecule has 0 unspecified atom stereocenters. The molecule has 0 radical (unpaired) electrons. The maximum absolute atomic E-state index is 12.8. The van der Waals surface area contributed by atoms with Gasteiger partial charge in [-0.05, 0) is 55.9 Å². The zero-order valence-corrected chi connectivity index (χ0v) is 21.7. The Hall–Kier alpha value is -3.34. The number of nitrogens with two attached hydrogens (primary N) is 1. The minimum atomic E-state index is -3.84. The van der Waals surface area contributed by atoms with Gasteiger partial charge >= 0.3 is 10.2 Å². The number of hydrogen-bond acceptors (Lipinski definition) is 7. The molecule has 4 N–H and O–H groups in total. The van der Waals surface area contributed by atoms with Gasteiger partial charge in [-0.15, -0.1) is 4.40 Å². The molecule has 198 valence electrons. The largest absolute Gasteiger partial charge is 0.492 e. The average Bonchev–Trinajstić information content (AvgIpc) is 2.90. The van der Waals surface area contributed by atoms with E-state index in [1.807, 2.05) is 12.1 Å². The van der Waals surface area contributed by atoms with Crippen LogP contribution in [0.4, 0.5) is 11.5 Å². The number of nitrogens with zero attached hydrogens (tertiary/aromatic N) is 3. The van der Waals surface area contributed by atoms with Crippen molar-refractivity contribution in [2.75, 3.05) is 35.9 Å². The molecule has 1 saturated heterocycles. The van der Waals surface area contributed by atoms with Crippen molar-refractivity contribution >= 4 is 33.5 Å². The predicted octanol–water partition coefficient (Wildman–Crippen LogP) is 3.06. The van der Waals surface area contributed by atoms with E-state index in [1.165, 1.54) is 32.1 Å². The molecule has 1 aromatic carbocycles. The summed E-state index contributed by atoms with van der Waals surface area (Å²) in [6.45, 7) is 2.76. The van der Waals surface area contributed by atoms with Crippen LogP contribution in [0.1, 0.15) is 61.0 Å². The summed E-state index contributed by atoms with van der Waals surface area (Å²) >= 11 is 0. The fraction of sp³-hybridized carbons (Fsp3) is 0.500. The molecular formula is C26H34N6O4S. The van der Waals surface area contributed by atoms with Crippen molar-refractivity contribution in [2.24, 2.45) is 22.0 Å². The number of anilines is 2. The lowest BCUT2D eigenvalue weighted by atomic mass is 9.89. The van der Waals surface area contributed by atoms with E-state index in [0.717, 1.165) is 31.7 Å². The Labute approximate surface area is 217 Å². The van der Waals surface area contributed by atoms with Crippen LogP contribution < -0.4 is 25.4 Å². The van der Waals surface area contributed by atoms with Gasteiger partial charge in [-0.25, -0.2) is 4.98 Å². The van der Waals surface area contributed by atoms with Crippen molar-refractivity contribution in [1.29, 1.82) is 0 Å². The summed E-state index contributed by atoms with van der Waals surface area (Å²) in [5.41, 5.74) is 7.19. The molecule has 2 aromatic rings. The third-order valence-electron chi connectivity index (χ3n) is 7.30. The molecule has 37 heavy (non-hydrogen) atoms. The number of benzene rings is 1. The van der Waals surface area contributed by atoms with Crippen LogP contribution in [0.2, 0.25) is 0 Å². The number of fused-ring (bicyclic) bond motifs is 1. The number of ether oxygens (including phenoxy) is 1. The third kappa shape index (κ3) is 6.15. The summed E-state index contributed by atoms with van der Waals surface area (Å²) < 4.78 is 35.7. The molecule has 2 fully saturated rings. The molecule has 1 aliphatic carbocycles. The second-order valence-electron chi connectivity index (χ2n) is 10.1. The molecular weight excluding hydrogens is 492 g/mol. The van der Waals surface area contributed by atoms with Gasteiger partial charge < -0.3 is 20.7 Å². The van der Waals surface area contributed by atoms with Crippen LogP contribution in [-0.2, 0) is 10.2 Å². The fourth-order valence-electron chi connectivity index (χ4n) is 5.40. The van der Waals surface area contributed by atoms with Crippen molar-refractivity contribution in [1.82, 2.24) is 10.3 Å². The number of nitrogens with one attached hydrogen (secondary N) is 2. The van der Waals surface area contributed by atoms with Gasteiger partial charge in [-0.2, -0.15) is 8.42 Å². The van der Waals surface area contributed by atoms with Crippen LogP contribution >= 0.6 is 0 Å². The normalized spacial score (nSPS) is 21.4. The van der Waals surface area contributed by atoms with Gasteiger partial charge in [-0.3, -0.25) is 9.52 Å². The number of amides is 1. The number of carbonyl (C=O) groups is 1. The first kappa shape index (κ1) is 25.3. The zero-order valence-electron chi connectivity index (χ0n) is 20.9. The second kappa shape index (κ2) is 11.0. The Morgan fingerprint density at radius 2 is 1.86 bits per heavy atom. The predicted molar refractivity (Wildman–Crippen MR) is 143 cm³/mol. The van der Waals surface area contributed by atoms with Crippen molar-refractivity contribution in [2.45, 2.75) is 44.9 Å². The summed E-state index contributed by atoms with van der Waals surface area (Å²) in [4.78, 5) is 19.6. The third-order valence-corrected chi connectivity index (χ3v) is 8.22. The quantitative estimate of drug-likeness (QED) is 0.504. The van der Waals surface area contributed by atoms with Crippen molar-refractivity contribution < 1.29 is 17.9 Å². The van der Waals surface area contributed by atoms with E-state index >= 15 is 0 Å². The van der Waals surface area contributed by atoms with Crippen LogP contribution in [0.25, 0.3) is 0 Å². The summed E-state index contributed by atoms with van der Waals surface area (Å²) in [6.07, 6.45) is 8.14. The van der Waals surface area contributed by atoms with Crippen LogP contribution in [0, 0.1) is 11.8 Å². The molecule has 10 nitrogen and oxygen atoms in total. The summed E-state index contributed by atoms with van der Waals surface area (Å²) in [5.74, 6) is 1.88. The fourth-order valence-corrected chi connectivity index (χ4v) is 6.24. The number of hydrogen-bond donors (Lipinski definition) is 3. The molecule has 2 aliphatic heterocycles. The lowest BCUT2D eigenvalue weighted by Gasteiger charge is -2.33. The molecule has 1 saturated carbocycles. The van der Waals surface area contributed by atoms with Crippen molar-refractivity contribution in [3.63, 3.8) is 0 Å². The number of carbonyl (C=O) groups excluding carboxylic acids is 1. The van der Waals surface area contributed by atoms with Gasteiger partial charge in [0, 0.05) is 25.6 Å². The Morgan fingerprint density at radius 3 is 2.70 bits per heavy atom. The molecule has 0 spiro atoms. The Balaban J connectivity index is 1.20. The van der Waals surface area contributed by atoms with E-state index in [-0.39, 0.29) is 17.7 Å². The van der Waals surface area contributed by atoms with E-state index in [2.05, 4.69) is 24.3 Å². The topological polar surface area (TPSA) is 139 Å². The SMILES string of the molecule is NC1=NS(=O)(=O)Nc2cccc(OC[C@H]3CCCN(c4cccc(C(=O)NCC5CCCCC5)n4)C3)c21. The average molecular weight is 527 g/mol. The van der Waals surface area contributed by atoms with Crippen LogP contribution in [0.5, 0.6) is 5.75 Å². The standard InChI is InChI=1S/C26H34N6O4S/c27-25-24-20(30-37(34,35)31-25)10-4-12-22(24)36-17-19-9-6-14-32(16-19)23-13-5-11-21(29-23)26(33)28-15-18-7-2-1-3-8-18/h4-5,10-13,18-19,30H,1-3,6-9,14-17H2,(H2,27,31)(H,28,33)/t19-/m0/s1. The maximum atomic E-state index is 12.8. The van der Waals surface area contributed by atoms with E-state index in [9.17, 15) is 13.2 Å². The highest BCUT2D eigenvalue weighted by atomic mass is 32.2. The zero-order chi connectivity index (χ0) is 25.8. The first-order valence-corrected chi connectivity index (χ1v) is 14.5. The number of amidine groups is 1. The number of rotatable bonds is 7. The molecule has 1 amide bonds. The summed E-state index contributed by atoms with van der Waals surface area (Å²) in [7, 11) is -3.84. The van der Waals surface area contributed by atoms with Crippen molar-refractivity contribution in [3.8, 4) is 5.75 Å². The van der Waals surface area contributed by atoms with Crippen molar-refractivity contribution in [3.05, 3.63) is 47.7 Å². The number of pyridine rings is 1. The lowest BCUT2D eigenvalue weighted by molar-refractivity contribution is 0.0938. The van der Waals surface area contributed by atoms with Gasteiger partial charge in [-0.1, -0.05) is 31.4 Å². The highest BCUT2D eigenvalue weighted by molar-refractivity contribution is 7.91. The second-order valence-corrected chi connectivity index (χ2v) is 11.4. The van der Waals surface area contributed by atoms with E-state index in [4.69, 9.17) is 10.5 Å². The van der Waals surface area contributed by atoms with Gasteiger partial charge in [0.05, 0.1) is 17.9 Å². The summed E-state index contributed by atoms with van der Waals surface area (Å²) in [5, 5.41) is 3.08. The van der Waals surface area contributed by atoms with Crippen LogP contribution in [0.15, 0.2) is 40.8 Å². The number of piperidine rings is 1. The summed E-state index contributed by atoms with van der Waals surface area (Å²) in [6, 6.07) is 10.7. The first-order valence-electron chi connectivity index (χ1n) is 13.0. The number of aromatic nitrogens is 1. The van der Waals surface area contributed by atoms with E-state index in [0.29, 0.717) is 41.8 Å². The highest BCUT2D eigenvalue weighted by Gasteiger charge is 2.26.